The van der Waals surface area contributed by atoms with Crippen LogP contribution in [-0.2, 0) is 0 Å². The van der Waals surface area contributed by atoms with Crippen molar-refractivity contribution in [2.24, 2.45) is 0 Å². The first-order valence-corrected chi connectivity index (χ1v) is 7.08. The molecular weight excluding hydrogens is 239 g/mol. The third-order valence-electron chi connectivity index (χ3n) is 2.22. The SMILES string of the molecule is CCNc1ncc(F)c(NC(C)CCSC)n1. The lowest BCUT2D eigenvalue weighted by atomic mass is 10.2. The van der Waals surface area contributed by atoms with Crippen molar-refractivity contribution in [1.29, 1.82) is 0 Å². The Bertz CT molecular complexity index is 348. The molecule has 2 N–H and O–H groups in total. The summed E-state index contributed by atoms with van der Waals surface area (Å²) in [6.07, 6.45) is 4.22. The number of hydrogen-bond donors (Lipinski definition) is 2. The normalized spacial score (nSPS) is 12.2. The van der Waals surface area contributed by atoms with Gasteiger partial charge in [0, 0.05) is 12.6 Å². The first-order valence-electron chi connectivity index (χ1n) is 5.69. The molecule has 1 heterocycles. The molecule has 0 saturated heterocycles. The summed E-state index contributed by atoms with van der Waals surface area (Å²) in [5.74, 6) is 1.35. The molecule has 6 heteroatoms. The van der Waals surface area contributed by atoms with Crippen molar-refractivity contribution in [2.75, 3.05) is 29.2 Å². The number of nitrogens with one attached hydrogen (secondary N) is 2. The van der Waals surface area contributed by atoms with Gasteiger partial charge < -0.3 is 10.6 Å². The minimum absolute atomic E-state index is 0.196. The molecule has 0 spiro atoms. The maximum absolute atomic E-state index is 13.5. The van der Waals surface area contributed by atoms with Crippen LogP contribution in [0.1, 0.15) is 20.3 Å². The number of thioether (sulfide) groups is 1. The van der Waals surface area contributed by atoms with Gasteiger partial charge >= 0.3 is 0 Å². The zero-order valence-electron chi connectivity index (χ0n) is 10.5. The second-order valence-corrected chi connectivity index (χ2v) is 4.73. The molecule has 0 aliphatic rings. The zero-order valence-corrected chi connectivity index (χ0v) is 11.3. The second-order valence-electron chi connectivity index (χ2n) is 3.75. The van der Waals surface area contributed by atoms with Crippen LogP contribution in [0.3, 0.4) is 0 Å². The Morgan fingerprint density at radius 1 is 1.53 bits per heavy atom. The molecule has 1 aromatic heterocycles. The van der Waals surface area contributed by atoms with E-state index < -0.39 is 5.82 Å². The lowest BCUT2D eigenvalue weighted by molar-refractivity contribution is 0.611. The van der Waals surface area contributed by atoms with Crippen molar-refractivity contribution in [3.63, 3.8) is 0 Å². The molecule has 0 aliphatic carbocycles. The van der Waals surface area contributed by atoms with Gasteiger partial charge in [-0.2, -0.15) is 16.7 Å². The summed E-state index contributed by atoms with van der Waals surface area (Å²) in [5.41, 5.74) is 0. The summed E-state index contributed by atoms with van der Waals surface area (Å²) in [6, 6.07) is 0.196. The van der Waals surface area contributed by atoms with E-state index in [4.69, 9.17) is 0 Å². The number of hydrogen-bond acceptors (Lipinski definition) is 5. The van der Waals surface area contributed by atoms with Crippen LogP contribution in [0.25, 0.3) is 0 Å². The first kappa shape index (κ1) is 14.0. The molecule has 96 valence electrons. The fourth-order valence-electron chi connectivity index (χ4n) is 1.31. The fourth-order valence-corrected chi connectivity index (χ4v) is 1.90. The van der Waals surface area contributed by atoms with Gasteiger partial charge in [0.1, 0.15) is 0 Å². The van der Waals surface area contributed by atoms with E-state index in [0.29, 0.717) is 12.5 Å². The van der Waals surface area contributed by atoms with E-state index >= 15 is 0 Å². The van der Waals surface area contributed by atoms with E-state index in [9.17, 15) is 4.39 Å². The van der Waals surface area contributed by atoms with Gasteiger partial charge in [-0.3, -0.25) is 0 Å². The Hall–Kier alpha value is -1.04. The van der Waals surface area contributed by atoms with Crippen LogP contribution in [0.5, 0.6) is 0 Å². The molecule has 0 aliphatic heterocycles. The summed E-state index contributed by atoms with van der Waals surface area (Å²) in [7, 11) is 0. The Balaban J connectivity index is 2.64. The van der Waals surface area contributed by atoms with Crippen LogP contribution in [0.2, 0.25) is 0 Å². The molecule has 0 saturated carbocycles. The Morgan fingerprint density at radius 3 is 2.94 bits per heavy atom. The van der Waals surface area contributed by atoms with E-state index in [1.54, 1.807) is 11.8 Å². The number of anilines is 2. The average Bonchev–Trinajstić information content (AvgIpc) is 2.31. The molecule has 0 amide bonds. The zero-order chi connectivity index (χ0) is 12.7. The molecule has 1 rings (SSSR count). The molecule has 0 aromatic carbocycles. The minimum atomic E-state index is -0.414. The van der Waals surface area contributed by atoms with Crippen molar-refractivity contribution in [2.45, 2.75) is 26.3 Å². The van der Waals surface area contributed by atoms with Gasteiger partial charge in [0.2, 0.25) is 5.95 Å². The summed E-state index contributed by atoms with van der Waals surface area (Å²) in [5, 5.41) is 6.02. The number of nitrogens with zero attached hydrogens (tertiary/aromatic N) is 2. The molecule has 17 heavy (non-hydrogen) atoms. The summed E-state index contributed by atoms with van der Waals surface area (Å²) < 4.78 is 13.5. The molecular formula is C11H19FN4S. The van der Waals surface area contributed by atoms with Crippen molar-refractivity contribution in [1.82, 2.24) is 9.97 Å². The van der Waals surface area contributed by atoms with Crippen LogP contribution < -0.4 is 10.6 Å². The van der Waals surface area contributed by atoms with Crippen LogP contribution >= 0.6 is 11.8 Å². The van der Waals surface area contributed by atoms with Crippen LogP contribution in [0, 0.1) is 5.82 Å². The van der Waals surface area contributed by atoms with Crippen LogP contribution in [0.15, 0.2) is 6.20 Å². The van der Waals surface area contributed by atoms with Crippen molar-refractivity contribution < 1.29 is 4.39 Å². The molecule has 4 nitrogen and oxygen atoms in total. The van der Waals surface area contributed by atoms with Crippen LogP contribution in [-0.4, -0.2) is 34.6 Å². The summed E-state index contributed by atoms with van der Waals surface area (Å²) in [4.78, 5) is 7.95. The Morgan fingerprint density at radius 2 is 2.29 bits per heavy atom. The van der Waals surface area contributed by atoms with E-state index in [0.717, 1.165) is 12.2 Å². The van der Waals surface area contributed by atoms with E-state index in [1.165, 1.54) is 6.20 Å². The third kappa shape index (κ3) is 4.77. The maximum atomic E-state index is 13.5. The molecule has 1 unspecified atom stereocenters. The number of rotatable bonds is 7. The summed E-state index contributed by atoms with van der Waals surface area (Å²) >= 11 is 1.78. The van der Waals surface area contributed by atoms with Crippen LogP contribution in [0.4, 0.5) is 16.2 Å². The van der Waals surface area contributed by atoms with Gasteiger partial charge in [-0.1, -0.05) is 0 Å². The topological polar surface area (TPSA) is 49.8 Å². The number of halogens is 1. The van der Waals surface area contributed by atoms with Gasteiger partial charge in [0.05, 0.1) is 6.20 Å². The predicted molar refractivity (Wildman–Crippen MR) is 72.2 cm³/mol. The van der Waals surface area contributed by atoms with E-state index in [2.05, 4.69) is 26.9 Å². The standard InChI is InChI=1S/C11H19FN4S/c1-4-13-11-14-7-9(12)10(16-11)15-8(2)5-6-17-3/h7-8H,4-6H2,1-3H3,(H2,13,14,15,16). The van der Waals surface area contributed by atoms with Crippen molar-refractivity contribution in [3.05, 3.63) is 12.0 Å². The van der Waals surface area contributed by atoms with Gasteiger partial charge in [-0.25, -0.2) is 9.37 Å². The smallest absolute Gasteiger partial charge is 0.224 e. The minimum Gasteiger partial charge on any atom is -0.365 e. The highest BCUT2D eigenvalue weighted by atomic mass is 32.2. The van der Waals surface area contributed by atoms with Crippen molar-refractivity contribution in [3.8, 4) is 0 Å². The average molecular weight is 258 g/mol. The lowest BCUT2D eigenvalue weighted by Crippen LogP contribution is -2.18. The van der Waals surface area contributed by atoms with E-state index in [-0.39, 0.29) is 11.9 Å². The monoisotopic (exact) mass is 258 g/mol. The van der Waals surface area contributed by atoms with Gasteiger partial charge in [0.25, 0.3) is 0 Å². The molecule has 1 aromatic rings. The molecule has 0 fully saturated rings. The maximum Gasteiger partial charge on any atom is 0.224 e. The first-order chi connectivity index (χ1) is 8.17. The highest BCUT2D eigenvalue weighted by Gasteiger charge is 2.09. The Kier molecular flexibility index (Phi) is 6.04. The highest BCUT2D eigenvalue weighted by molar-refractivity contribution is 7.98. The van der Waals surface area contributed by atoms with Gasteiger partial charge in [-0.05, 0) is 32.3 Å². The second kappa shape index (κ2) is 7.32. The van der Waals surface area contributed by atoms with E-state index in [1.807, 2.05) is 13.8 Å². The quantitative estimate of drug-likeness (QED) is 0.787. The van der Waals surface area contributed by atoms with Gasteiger partial charge in [-0.15, -0.1) is 0 Å². The summed E-state index contributed by atoms with van der Waals surface area (Å²) in [6.45, 7) is 4.68. The Labute approximate surface area is 106 Å². The fraction of sp³-hybridized carbons (Fsp3) is 0.636. The predicted octanol–water partition coefficient (Wildman–Crippen LogP) is 2.60. The third-order valence-corrected chi connectivity index (χ3v) is 2.86. The molecule has 0 bridgehead atoms. The molecule has 0 radical (unpaired) electrons. The van der Waals surface area contributed by atoms with Gasteiger partial charge in [0.15, 0.2) is 11.6 Å². The lowest BCUT2D eigenvalue weighted by Gasteiger charge is -2.14. The highest BCUT2D eigenvalue weighted by Crippen LogP contribution is 2.14. The molecule has 1 atom stereocenters. The largest absolute Gasteiger partial charge is 0.365 e. The van der Waals surface area contributed by atoms with Crippen molar-refractivity contribution >= 4 is 23.5 Å². The number of aromatic nitrogens is 2.